The largest absolute Gasteiger partial charge is 0.467 e. The van der Waals surface area contributed by atoms with E-state index in [1.54, 1.807) is 12.4 Å². The van der Waals surface area contributed by atoms with Gasteiger partial charge in [0.25, 0.3) is 0 Å². The highest BCUT2D eigenvalue weighted by atomic mass is 32.1. The van der Waals surface area contributed by atoms with Gasteiger partial charge in [0.15, 0.2) is 0 Å². The molecule has 0 spiro atoms. The van der Waals surface area contributed by atoms with Crippen molar-refractivity contribution in [2.75, 3.05) is 7.11 Å². The fourth-order valence-corrected chi connectivity index (χ4v) is 1.89. The highest BCUT2D eigenvalue weighted by Crippen LogP contribution is 2.26. The molecule has 0 saturated heterocycles. The summed E-state index contributed by atoms with van der Waals surface area (Å²) in [7, 11) is 1.51. The van der Waals surface area contributed by atoms with Gasteiger partial charge in [-0.05, 0) is 11.4 Å². The van der Waals surface area contributed by atoms with Crippen LogP contribution in [0, 0.1) is 11.3 Å². The van der Waals surface area contributed by atoms with Gasteiger partial charge >= 0.3 is 6.01 Å². The van der Waals surface area contributed by atoms with Crippen molar-refractivity contribution in [3.8, 4) is 23.2 Å². The van der Waals surface area contributed by atoms with Crippen LogP contribution in [0.1, 0.15) is 4.88 Å². The summed E-state index contributed by atoms with van der Waals surface area (Å²) in [6, 6.07) is 4.34. The third kappa shape index (κ3) is 1.80. The lowest BCUT2D eigenvalue weighted by Gasteiger charge is -1.99. The molecule has 2 aromatic heterocycles. The van der Waals surface area contributed by atoms with Gasteiger partial charge in [0.1, 0.15) is 10.9 Å². The summed E-state index contributed by atoms with van der Waals surface area (Å²) >= 11 is 1.41. The van der Waals surface area contributed by atoms with E-state index in [9.17, 15) is 0 Å². The van der Waals surface area contributed by atoms with E-state index in [4.69, 9.17) is 10.00 Å². The van der Waals surface area contributed by atoms with Gasteiger partial charge < -0.3 is 4.74 Å². The van der Waals surface area contributed by atoms with E-state index in [1.807, 2.05) is 11.4 Å². The van der Waals surface area contributed by atoms with Crippen LogP contribution in [0.25, 0.3) is 11.1 Å². The van der Waals surface area contributed by atoms with Crippen molar-refractivity contribution in [1.29, 1.82) is 5.26 Å². The molecule has 2 aromatic rings. The van der Waals surface area contributed by atoms with Crippen LogP contribution in [-0.4, -0.2) is 17.1 Å². The number of hydrogen-bond donors (Lipinski definition) is 0. The predicted octanol–water partition coefficient (Wildman–Crippen LogP) is 2.09. The summed E-state index contributed by atoms with van der Waals surface area (Å²) in [4.78, 5) is 8.65. The second-order valence-corrected chi connectivity index (χ2v) is 3.65. The summed E-state index contributed by atoms with van der Waals surface area (Å²) in [5, 5.41) is 10.7. The monoisotopic (exact) mass is 217 g/mol. The van der Waals surface area contributed by atoms with Gasteiger partial charge in [-0.25, -0.2) is 9.97 Å². The van der Waals surface area contributed by atoms with E-state index in [0.717, 1.165) is 11.1 Å². The molecule has 15 heavy (non-hydrogen) atoms. The van der Waals surface area contributed by atoms with E-state index >= 15 is 0 Å². The molecule has 0 unspecified atom stereocenters. The lowest BCUT2D eigenvalue weighted by Crippen LogP contribution is -1.91. The number of nitrogens with zero attached hydrogens (tertiary/aromatic N) is 3. The SMILES string of the molecule is COc1ncc(-c2ccsc2C#N)cn1. The molecule has 0 amide bonds. The van der Waals surface area contributed by atoms with Crippen molar-refractivity contribution in [1.82, 2.24) is 9.97 Å². The van der Waals surface area contributed by atoms with Crippen molar-refractivity contribution in [2.45, 2.75) is 0 Å². The fourth-order valence-electron chi connectivity index (χ4n) is 1.18. The van der Waals surface area contributed by atoms with Crippen LogP contribution in [-0.2, 0) is 0 Å². The molecule has 0 aliphatic carbocycles. The normalized spacial score (nSPS) is 9.60. The number of hydrogen-bond acceptors (Lipinski definition) is 5. The van der Waals surface area contributed by atoms with E-state index in [-0.39, 0.29) is 0 Å². The molecule has 0 saturated carbocycles. The van der Waals surface area contributed by atoms with Crippen LogP contribution in [0.2, 0.25) is 0 Å². The second-order valence-electron chi connectivity index (χ2n) is 2.73. The van der Waals surface area contributed by atoms with E-state index in [2.05, 4.69) is 16.0 Å². The summed E-state index contributed by atoms with van der Waals surface area (Å²) in [6.45, 7) is 0. The number of methoxy groups -OCH3 is 1. The quantitative estimate of drug-likeness (QED) is 0.772. The van der Waals surface area contributed by atoms with Gasteiger partial charge in [-0.2, -0.15) is 5.26 Å². The van der Waals surface area contributed by atoms with Crippen LogP contribution >= 0.6 is 11.3 Å². The van der Waals surface area contributed by atoms with Crippen molar-refractivity contribution < 1.29 is 4.74 Å². The van der Waals surface area contributed by atoms with Crippen LogP contribution in [0.3, 0.4) is 0 Å². The number of nitriles is 1. The van der Waals surface area contributed by atoms with Crippen LogP contribution in [0.15, 0.2) is 23.8 Å². The highest BCUT2D eigenvalue weighted by Gasteiger charge is 2.07. The topological polar surface area (TPSA) is 58.8 Å². The van der Waals surface area contributed by atoms with Gasteiger partial charge in [0.05, 0.1) is 7.11 Å². The zero-order valence-corrected chi connectivity index (χ0v) is 8.78. The predicted molar refractivity (Wildman–Crippen MR) is 56.6 cm³/mol. The molecule has 74 valence electrons. The Kier molecular flexibility index (Phi) is 2.61. The Hall–Kier alpha value is -1.93. The Balaban J connectivity index is 2.42. The number of aromatic nitrogens is 2. The highest BCUT2D eigenvalue weighted by molar-refractivity contribution is 7.11. The van der Waals surface area contributed by atoms with Crippen LogP contribution < -0.4 is 4.74 Å². The average molecular weight is 217 g/mol. The molecule has 0 aliphatic rings. The standard InChI is InChI=1S/C10H7N3OS/c1-14-10-12-5-7(6-13-10)8-2-3-15-9(8)4-11/h2-3,5-6H,1H3. The van der Waals surface area contributed by atoms with E-state index < -0.39 is 0 Å². The first kappa shape index (κ1) is 9.62. The summed E-state index contributed by atoms with van der Waals surface area (Å²) in [6.07, 6.45) is 3.30. The fraction of sp³-hybridized carbons (Fsp3) is 0.100. The van der Waals surface area contributed by atoms with Crippen LogP contribution in [0.5, 0.6) is 6.01 Å². The molecule has 5 heteroatoms. The molecule has 0 atom stereocenters. The summed E-state index contributed by atoms with van der Waals surface area (Å²) in [5.41, 5.74) is 1.69. The number of ether oxygens (including phenoxy) is 1. The molecule has 2 heterocycles. The van der Waals surface area contributed by atoms with Crippen molar-refractivity contribution in [3.05, 3.63) is 28.7 Å². The molecule has 0 bridgehead atoms. The first-order chi connectivity index (χ1) is 7.35. The Bertz CT molecular complexity index is 498. The number of thiophene rings is 1. The third-order valence-corrected chi connectivity index (χ3v) is 2.71. The molecular formula is C10H7N3OS. The van der Waals surface area contributed by atoms with Gasteiger partial charge in [0, 0.05) is 23.5 Å². The third-order valence-electron chi connectivity index (χ3n) is 1.89. The zero-order chi connectivity index (χ0) is 10.7. The van der Waals surface area contributed by atoms with Crippen molar-refractivity contribution >= 4 is 11.3 Å². The van der Waals surface area contributed by atoms with Gasteiger partial charge in [-0.1, -0.05) is 0 Å². The van der Waals surface area contributed by atoms with Gasteiger partial charge in [-0.3, -0.25) is 0 Å². The average Bonchev–Trinajstić information content (AvgIpc) is 2.77. The maximum absolute atomic E-state index is 8.86. The molecule has 0 aromatic carbocycles. The first-order valence-electron chi connectivity index (χ1n) is 4.19. The van der Waals surface area contributed by atoms with E-state index in [0.29, 0.717) is 10.9 Å². The lowest BCUT2D eigenvalue weighted by atomic mass is 10.1. The Morgan fingerprint density at radius 1 is 1.40 bits per heavy atom. The Morgan fingerprint density at radius 2 is 2.13 bits per heavy atom. The molecule has 0 radical (unpaired) electrons. The molecule has 0 fully saturated rings. The molecule has 0 aliphatic heterocycles. The second kappa shape index (κ2) is 4.07. The van der Waals surface area contributed by atoms with Gasteiger partial charge in [0.2, 0.25) is 0 Å². The smallest absolute Gasteiger partial charge is 0.316 e. The van der Waals surface area contributed by atoms with Crippen molar-refractivity contribution in [2.24, 2.45) is 0 Å². The minimum absolute atomic E-state index is 0.326. The Labute approximate surface area is 90.8 Å². The zero-order valence-electron chi connectivity index (χ0n) is 7.97. The maximum atomic E-state index is 8.86. The van der Waals surface area contributed by atoms with E-state index in [1.165, 1.54) is 18.4 Å². The Morgan fingerprint density at radius 3 is 2.73 bits per heavy atom. The van der Waals surface area contributed by atoms with Crippen LogP contribution in [0.4, 0.5) is 0 Å². The molecule has 0 N–H and O–H groups in total. The maximum Gasteiger partial charge on any atom is 0.316 e. The molecule has 4 nitrogen and oxygen atoms in total. The molecular weight excluding hydrogens is 210 g/mol. The summed E-state index contributed by atoms with van der Waals surface area (Å²) in [5.74, 6) is 0. The summed E-state index contributed by atoms with van der Waals surface area (Å²) < 4.78 is 4.86. The van der Waals surface area contributed by atoms with Crippen molar-refractivity contribution in [3.63, 3.8) is 0 Å². The number of rotatable bonds is 2. The van der Waals surface area contributed by atoms with Gasteiger partial charge in [-0.15, -0.1) is 11.3 Å². The molecule has 2 rings (SSSR count). The lowest BCUT2D eigenvalue weighted by molar-refractivity contribution is 0.380. The minimum Gasteiger partial charge on any atom is -0.467 e. The first-order valence-corrected chi connectivity index (χ1v) is 5.07. The minimum atomic E-state index is 0.326.